The standard InChI is InChI=1S/C19H19FN4O/c1-3-9-22-19(25)18-16(21)14-6-4-5-13(17(14)23-24-18)12-8-7-11(2)10-15(12)20/h4-8,10H,3,9H2,1-2H3,(H2,21,23)(H,22,25). The second kappa shape index (κ2) is 6.84. The van der Waals surface area contributed by atoms with Gasteiger partial charge in [-0.1, -0.05) is 37.3 Å². The van der Waals surface area contributed by atoms with Gasteiger partial charge in [-0.25, -0.2) is 4.39 Å². The summed E-state index contributed by atoms with van der Waals surface area (Å²) in [5.41, 5.74) is 8.79. The summed E-state index contributed by atoms with van der Waals surface area (Å²) in [4.78, 5) is 12.2. The van der Waals surface area contributed by atoms with Gasteiger partial charge in [-0.05, 0) is 25.0 Å². The Labute approximate surface area is 145 Å². The van der Waals surface area contributed by atoms with Gasteiger partial charge in [0.1, 0.15) is 11.3 Å². The van der Waals surface area contributed by atoms with Crippen LogP contribution in [-0.4, -0.2) is 22.6 Å². The smallest absolute Gasteiger partial charge is 0.273 e. The van der Waals surface area contributed by atoms with Crippen molar-refractivity contribution < 1.29 is 9.18 Å². The van der Waals surface area contributed by atoms with E-state index in [-0.39, 0.29) is 23.1 Å². The largest absolute Gasteiger partial charge is 0.396 e. The summed E-state index contributed by atoms with van der Waals surface area (Å²) < 4.78 is 14.4. The Morgan fingerprint density at radius 2 is 2.00 bits per heavy atom. The lowest BCUT2D eigenvalue weighted by atomic mass is 9.99. The molecule has 0 atom stereocenters. The number of hydrogen-bond donors (Lipinski definition) is 2. The number of nitrogen functional groups attached to an aromatic ring is 1. The molecule has 0 unspecified atom stereocenters. The molecule has 0 aliphatic carbocycles. The zero-order chi connectivity index (χ0) is 18.0. The molecule has 128 valence electrons. The van der Waals surface area contributed by atoms with Crippen molar-refractivity contribution in [1.82, 2.24) is 15.5 Å². The van der Waals surface area contributed by atoms with E-state index in [9.17, 15) is 9.18 Å². The Morgan fingerprint density at radius 3 is 2.72 bits per heavy atom. The van der Waals surface area contributed by atoms with Gasteiger partial charge >= 0.3 is 0 Å². The number of carbonyl (C=O) groups is 1. The summed E-state index contributed by atoms with van der Waals surface area (Å²) >= 11 is 0. The number of anilines is 1. The van der Waals surface area contributed by atoms with E-state index < -0.39 is 0 Å². The average Bonchev–Trinajstić information content (AvgIpc) is 2.60. The summed E-state index contributed by atoms with van der Waals surface area (Å²) in [6, 6.07) is 10.3. The minimum absolute atomic E-state index is 0.0856. The predicted octanol–water partition coefficient (Wildman–Crippen LogP) is 3.47. The van der Waals surface area contributed by atoms with E-state index in [1.807, 2.05) is 19.9 Å². The van der Waals surface area contributed by atoms with Crippen LogP contribution in [-0.2, 0) is 0 Å². The summed E-state index contributed by atoms with van der Waals surface area (Å²) in [5, 5.41) is 11.4. The lowest BCUT2D eigenvalue weighted by molar-refractivity contribution is 0.0949. The lowest BCUT2D eigenvalue weighted by Crippen LogP contribution is -2.26. The molecule has 2 aromatic carbocycles. The fraction of sp³-hybridized carbons (Fsp3) is 0.211. The second-order valence-electron chi connectivity index (χ2n) is 5.90. The van der Waals surface area contributed by atoms with Crippen LogP contribution in [0.15, 0.2) is 36.4 Å². The molecular formula is C19H19FN4O. The molecule has 5 nitrogen and oxygen atoms in total. The molecule has 3 rings (SSSR count). The van der Waals surface area contributed by atoms with E-state index in [2.05, 4.69) is 15.5 Å². The third-order valence-corrected chi connectivity index (χ3v) is 4.00. The van der Waals surface area contributed by atoms with Crippen molar-refractivity contribution in [1.29, 1.82) is 0 Å². The fourth-order valence-electron chi connectivity index (χ4n) is 2.70. The van der Waals surface area contributed by atoms with Crippen molar-refractivity contribution in [3.8, 4) is 11.1 Å². The summed E-state index contributed by atoms with van der Waals surface area (Å²) in [6.07, 6.45) is 0.809. The van der Waals surface area contributed by atoms with Gasteiger partial charge in [-0.2, -0.15) is 0 Å². The first kappa shape index (κ1) is 16.8. The van der Waals surface area contributed by atoms with Crippen LogP contribution in [0.25, 0.3) is 22.0 Å². The molecule has 0 radical (unpaired) electrons. The first-order chi connectivity index (χ1) is 12.0. The van der Waals surface area contributed by atoms with Gasteiger partial charge in [0.15, 0.2) is 5.69 Å². The van der Waals surface area contributed by atoms with Crippen LogP contribution < -0.4 is 11.1 Å². The van der Waals surface area contributed by atoms with Gasteiger partial charge in [-0.15, -0.1) is 10.2 Å². The van der Waals surface area contributed by atoms with Crippen LogP contribution in [0, 0.1) is 12.7 Å². The van der Waals surface area contributed by atoms with Crippen molar-refractivity contribution >= 4 is 22.5 Å². The number of benzene rings is 2. The number of aryl methyl sites for hydroxylation is 1. The van der Waals surface area contributed by atoms with Gasteiger partial charge in [0, 0.05) is 23.1 Å². The van der Waals surface area contributed by atoms with Gasteiger partial charge in [0.25, 0.3) is 5.91 Å². The van der Waals surface area contributed by atoms with Crippen LogP contribution in [0.5, 0.6) is 0 Å². The zero-order valence-corrected chi connectivity index (χ0v) is 14.1. The van der Waals surface area contributed by atoms with Gasteiger partial charge in [0.05, 0.1) is 5.69 Å². The van der Waals surface area contributed by atoms with E-state index in [1.54, 1.807) is 24.3 Å². The average molecular weight is 338 g/mol. The monoisotopic (exact) mass is 338 g/mol. The molecule has 1 heterocycles. The van der Waals surface area contributed by atoms with Crippen LogP contribution in [0.3, 0.4) is 0 Å². The van der Waals surface area contributed by atoms with E-state index >= 15 is 0 Å². The third kappa shape index (κ3) is 3.15. The Kier molecular flexibility index (Phi) is 4.61. The minimum Gasteiger partial charge on any atom is -0.396 e. The van der Waals surface area contributed by atoms with Crippen LogP contribution in [0.4, 0.5) is 10.1 Å². The second-order valence-corrected chi connectivity index (χ2v) is 5.90. The summed E-state index contributed by atoms with van der Waals surface area (Å²) in [7, 11) is 0. The first-order valence-corrected chi connectivity index (χ1v) is 8.12. The van der Waals surface area contributed by atoms with Gasteiger partial charge in [0.2, 0.25) is 0 Å². The Morgan fingerprint density at radius 1 is 1.20 bits per heavy atom. The molecule has 0 aliphatic rings. The highest BCUT2D eigenvalue weighted by Crippen LogP contribution is 2.32. The fourth-order valence-corrected chi connectivity index (χ4v) is 2.70. The van der Waals surface area contributed by atoms with Crippen LogP contribution in [0.1, 0.15) is 29.4 Å². The van der Waals surface area contributed by atoms with Gasteiger partial charge < -0.3 is 11.1 Å². The molecule has 0 saturated carbocycles. The molecule has 25 heavy (non-hydrogen) atoms. The molecule has 0 spiro atoms. The number of nitrogens with one attached hydrogen (secondary N) is 1. The number of rotatable bonds is 4. The first-order valence-electron chi connectivity index (χ1n) is 8.12. The Hall–Kier alpha value is -3.02. The number of nitrogens with zero attached hydrogens (tertiary/aromatic N) is 2. The molecule has 3 aromatic rings. The number of halogens is 1. The maximum absolute atomic E-state index is 14.4. The number of amides is 1. The maximum Gasteiger partial charge on any atom is 0.273 e. The number of carbonyl (C=O) groups excluding carboxylic acids is 1. The van der Waals surface area contributed by atoms with E-state index in [0.717, 1.165) is 12.0 Å². The maximum atomic E-state index is 14.4. The van der Waals surface area contributed by atoms with E-state index in [0.29, 0.717) is 28.6 Å². The zero-order valence-electron chi connectivity index (χ0n) is 14.1. The van der Waals surface area contributed by atoms with Crippen molar-refractivity contribution in [2.45, 2.75) is 20.3 Å². The molecule has 0 fully saturated rings. The number of fused-ring (bicyclic) bond motifs is 1. The molecule has 1 aromatic heterocycles. The van der Waals surface area contributed by atoms with Gasteiger partial charge in [-0.3, -0.25) is 4.79 Å². The Balaban J connectivity index is 2.14. The lowest BCUT2D eigenvalue weighted by Gasteiger charge is -2.11. The summed E-state index contributed by atoms with van der Waals surface area (Å²) in [6.45, 7) is 4.32. The molecule has 3 N–H and O–H groups in total. The van der Waals surface area contributed by atoms with Crippen molar-refractivity contribution in [2.75, 3.05) is 12.3 Å². The third-order valence-electron chi connectivity index (χ3n) is 4.00. The normalized spacial score (nSPS) is 10.8. The molecule has 1 amide bonds. The van der Waals surface area contributed by atoms with Crippen LogP contribution >= 0.6 is 0 Å². The molecular weight excluding hydrogens is 319 g/mol. The summed E-state index contributed by atoms with van der Waals surface area (Å²) in [5.74, 6) is -0.696. The highest BCUT2D eigenvalue weighted by Gasteiger charge is 2.18. The number of aromatic nitrogens is 2. The van der Waals surface area contributed by atoms with Crippen LogP contribution in [0.2, 0.25) is 0 Å². The van der Waals surface area contributed by atoms with Crippen molar-refractivity contribution in [2.24, 2.45) is 0 Å². The molecule has 0 bridgehead atoms. The van der Waals surface area contributed by atoms with Crippen molar-refractivity contribution in [3.63, 3.8) is 0 Å². The number of hydrogen-bond acceptors (Lipinski definition) is 4. The topological polar surface area (TPSA) is 80.9 Å². The highest BCUT2D eigenvalue weighted by molar-refractivity contribution is 6.07. The molecule has 0 aliphatic heterocycles. The van der Waals surface area contributed by atoms with Crippen molar-refractivity contribution in [3.05, 3.63) is 53.5 Å². The quantitative estimate of drug-likeness (QED) is 0.763. The highest BCUT2D eigenvalue weighted by atomic mass is 19.1. The number of nitrogens with two attached hydrogens (primary N) is 1. The predicted molar refractivity (Wildman–Crippen MR) is 96.7 cm³/mol. The molecule has 6 heteroatoms. The van der Waals surface area contributed by atoms with E-state index in [4.69, 9.17) is 5.73 Å². The minimum atomic E-state index is -0.360. The Bertz CT molecular complexity index is 956. The van der Waals surface area contributed by atoms with E-state index in [1.165, 1.54) is 6.07 Å². The molecule has 0 saturated heterocycles. The SMILES string of the molecule is CCCNC(=O)c1nnc2c(-c3ccc(C)cc3F)cccc2c1N.